The number of hydrogen-bond donors (Lipinski definition) is 0. The number of nitrogens with zero attached hydrogens (tertiary/aromatic N) is 3. The zero-order valence-corrected chi connectivity index (χ0v) is 18.6. The van der Waals surface area contributed by atoms with E-state index < -0.39 is 0 Å². The Bertz CT molecular complexity index is 733. The van der Waals surface area contributed by atoms with Crippen molar-refractivity contribution in [2.24, 2.45) is 0 Å². The fourth-order valence-electron chi connectivity index (χ4n) is 4.45. The Labute approximate surface area is 179 Å². The maximum absolute atomic E-state index is 13.1. The molecule has 0 N–H and O–H groups in total. The quantitative estimate of drug-likeness (QED) is 0.681. The molecule has 0 saturated carbocycles. The van der Waals surface area contributed by atoms with Crippen LogP contribution in [-0.2, 0) is 9.53 Å². The zero-order chi connectivity index (χ0) is 21.5. The highest BCUT2D eigenvalue weighted by Gasteiger charge is 2.30. The number of piperidine rings is 1. The first-order valence-electron chi connectivity index (χ1n) is 11.0. The van der Waals surface area contributed by atoms with Crippen molar-refractivity contribution in [2.45, 2.75) is 39.2 Å². The molecule has 0 aromatic heterocycles. The molecule has 3 rings (SSSR count). The van der Waals surface area contributed by atoms with Gasteiger partial charge in [0.1, 0.15) is 5.75 Å². The first-order chi connectivity index (χ1) is 14.5. The molecule has 30 heavy (non-hydrogen) atoms. The predicted molar refractivity (Wildman–Crippen MR) is 116 cm³/mol. The van der Waals surface area contributed by atoms with Gasteiger partial charge in [-0.2, -0.15) is 0 Å². The molecule has 0 bridgehead atoms. The number of aryl methyl sites for hydroxylation is 1. The van der Waals surface area contributed by atoms with Crippen molar-refractivity contribution in [3.05, 3.63) is 29.3 Å². The van der Waals surface area contributed by atoms with E-state index in [-0.39, 0.29) is 17.9 Å². The van der Waals surface area contributed by atoms with E-state index >= 15 is 0 Å². The minimum atomic E-state index is 0.0386. The van der Waals surface area contributed by atoms with Crippen molar-refractivity contribution >= 4 is 11.8 Å². The molecule has 0 radical (unpaired) electrons. The Kier molecular flexibility index (Phi) is 8.10. The summed E-state index contributed by atoms with van der Waals surface area (Å²) in [4.78, 5) is 31.8. The van der Waals surface area contributed by atoms with Crippen LogP contribution in [-0.4, -0.2) is 92.1 Å². The van der Waals surface area contributed by atoms with Crippen LogP contribution < -0.4 is 4.74 Å². The Morgan fingerprint density at radius 3 is 2.67 bits per heavy atom. The van der Waals surface area contributed by atoms with E-state index in [0.717, 1.165) is 76.5 Å². The topological polar surface area (TPSA) is 62.3 Å². The molecule has 1 aromatic carbocycles. The van der Waals surface area contributed by atoms with Gasteiger partial charge in [-0.15, -0.1) is 0 Å². The van der Waals surface area contributed by atoms with Crippen LogP contribution in [0.5, 0.6) is 5.75 Å². The normalized spacial score (nSPS) is 20.1. The lowest BCUT2D eigenvalue weighted by molar-refractivity contribution is -0.132. The number of amides is 2. The van der Waals surface area contributed by atoms with Crippen LogP contribution in [0.2, 0.25) is 0 Å². The van der Waals surface area contributed by atoms with Crippen molar-refractivity contribution in [1.29, 1.82) is 0 Å². The lowest BCUT2D eigenvalue weighted by Gasteiger charge is -2.39. The summed E-state index contributed by atoms with van der Waals surface area (Å²) in [5, 5.41) is 0. The SMILES string of the molecule is COc1ccc(C(=O)N2CCCC(N(CCCN3CCOCC3)C(C)=O)C2)c(C)c1. The fraction of sp³-hybridized carbons (Fsp3) is 0.652. The lowest BCUT2D eigenvalue weighted by Crippen LogP contribution is -2.52. The van der Waals surface area contributed by atoms with Crippen molar-refractivity contribution in [3.8, 4) is 5.75 Å². The first-order valence-corrected chi connectivity index (χ1v) is 11.0. The van der Waals surface area contributed by atoms with Gasteiger partial charge in [-0.3, -0.25) is 14.5 Å². The van der Waals surface area contributed by atoms with Crippen LogP contribution in [0.1, 0.15) is 42.1 Å². The smallest absolute Gasteiger partial charge is 0.254 e. The third-order valence-electron chi connectivity index (χ3n) is 6.17. The summed E-state index contributed by atoms with van der Waals surface area (Å²) in [5.41, 5.74) is 1.62. The van der Waals surface area contributed by atoms with Crippen LogP contribution in [0.15, 0.2) is 18.2 Å². The largest absolute Gasteiger partial charge is 0.497 e. The molecule has 2 heterocycles. The van der Waals surface area contributed by atoms with E-state index in [9.17, 15) is 9.59 Å². The van der Waals surface area contributed by atoms with Gasteiger partial charge < -0.3 is 19.3 Å². The van der Waals surface area contributed by atoms with Gasteiger partial charge in [0, 0.05) is 57.8 Å². The predicted octanol–water partition coefficient (Wildman–Crippen LogP) is 2.18. The standard InChI is InChI=1S/C23H35N3O4/c1-18-16-21(29-3)7-8-22(18)23(28)25-10-4-6-20(17-25)26(19(2)27)11-5-9-24-12-14-30-15-13-24/h7-8,16,20H,4-6,9-15,17H2,1-3H3. The Morgan fingerprint density at radius 2 is 2.00 bits per heavy atom. The lowest BCUT2D eigenvalue weighted by atomic mass is 10.0. The highest BCUT2D eigenvalue weighted by atomic mass is 16.5. The van der Waals surface area contributed by atoms with Gasteiger partial charge in [0.25, 0.3) is 5.91 Å². The van der Waals surface area contributed by atoms with Gasteiger partial charge in [0.05, 0.1) is 20.3 Å². The van der Waals surface area contributed by atoms with E-state index in [1.165, 1.54) is 0 Å². The molecular weight excluding hydrogens is 382 g/mol. The van der Waals surface area contributed by atoms with Crippen LogP contribution in [0, 0.1) is 6.92 Å². The van der Waals surface area contributed by atoms with E-state index in [1.54, 1.807) is 14.0 Å². The number of morpholine rings is 1. The van der Waals surface area contributed by atoms with Crippen LogP contribution in [0.3, 0.4) is 0 Å². The number of ether oxygens (including phenoxy) is 2. The molecule has 0 aliphatic carbocycles. The van der Waals surface area contributed by atoms with Crippen molar-refractivity contribution < 1.29 is 19.1 Å². The highest BCUT2D eigenvalue weighted by Crippen LogP contribution is 2.22. The maximum Gasteiger partial charge on any atom is 0.254 e. The Balaban J connectivity index is 1.59. The molecular formula is C23H35N3O4. The zero-order valence-electron chi connectivity index (χ0n) is 18.6. The minimum Gasteiger partial charge on any atom is -0.497 e. The second-order valence-electron chi connectivity index (χ2n) is 8.25. The molecule has 1 atom stereocenters. The average Bonchev–Trinajstić information content (AvgIpc) is 2.76. The molecule has 7 heteroatoms. The number of carbonyl (C=O) groups is 2. The van der Waals surface area contributed by atoms with Gasteiger partial charge in [-0.25, -0.2) is 0 Å². The summed E-state index contributed by atoms with van der Waals surface area (Å²) in [7, 11) is 1.63. The first kappa shape index (κ1) is 22.6. The van der Waals surface area contributed by atoms with E-state index in [2.05, 4.69) is 4.90 Å². The molecule has 2 fully saturated rings. The molecule has 2 aliphatic heterocycles. The van der Waals surface area contributed by atoms with Gasteiger partial charge in [0.2, 0.25) is 5.91 Å². The Morgan fingerprint density at radius 1 is 1.23 bits per heavy atom. The number of hydrogen-bond acceptors (Lipinski definition) is 5. The molecule has 7 nitrogen and oxygen atoms in total. The second kappa shape index (κ2) is 10.8. The third-order valence-corrected chi connectivity index (χ3v) is 6.17. The van der Waals surface area contributed by atoms with Gasteiger partial charge in [0.15, 0.2) is 0 Å². The number of likely N-dealkylation sites (tertiary alicyclic amines) is 1. The van der Waals surface area contributed by atoms with Crippen LogP contribution >= 0.6 is 0 Å². The monoisotopic (exact) mass is 417 g/mol. The number of methoxy groups -OCH3 is 1. The molecule has 2 aliphatic rings. The average molecular weight is 418 g/mol. The summed E-state index contributed by atoms with van der Waals surface area (Å²) in [6.07, 6.45) is 2.81. The number of benzene rings is 1. The van der Waals surface area contributed by atoms with E-state index in [4.69, 9.17) is 9.47 Å². The highest BCUT2D eigenvalue weighted by molar-refractivity contribution is 5.96. The minimum absolute atomic E-state index is 0.0386. The Hall–Kier alpha value is -2.12. The molecule has 1 unspecified atom stereocenters. The summed E-state index contributed by atoms with van der Waals surface area (Å²) >= 11 is 0. The molecule has 2 amide bonds. The van der Waals surface area contributed by atoms with Gasteiger partial charge in [-0.1, -0.05) is 0 Å². The number of rotatable bonds is 7. The van der Waals surface area contributed by atoms with Crippen molar-refractivity contribution in [3.63, 3.8) is 0 Å². The summed E-state index contributed by atoms with van der Waals surface area (Å²) in [6.45, 7) is 10.1. The van der Waals surface area contributed by atoms with Gasteiger partial charge in [-0.05, 0) is 49.9 Å². The van der Waals surface area contributed by atoms with Gasteiger partial charge >= 0.3 is 0 Å². The van der Waals surface area contributed by atoms with Crippen LogP contribution in [0.25, 0.3) is 0 Å². The van der Waals surface area contributed by atoms with Crippen molar-refractivity contribution in [2.75, 3.05) is 59.6 Å². The second-order valence-corrected chi connectivity index (χ2v) is 8.25. The summed E-state index contributed by atoms with van der Waals surface area (Å²) < 4.78 is 10.7. The maximum atomic E-state index is 13.1. The molecule has 2 saturated heterocycles. The summed E-state index contributed by atoms with van der Waals surface area (Å²) in [6, 6.07) is 5.64. The van der Waals surface area contributed by atoms with E-state index in [0.29, 0.717) is 12.1 Å². The molecule has 0 spiro atoms. The molecule has 1 aromatic rings. The van der Waals surface area contributed by atoms with Crippen LogP contribution in [0.4, 0.5) is 0 Å². The summed E-state index contributed by atoms with van der Waals surface area (Å²) in [5.74, 6) is 0.886. The third kappa shape index (κ3) is 5.73. The van der Waals surface area contributed by atoms with Crippen molar-refractivity contribution in [1.82, 2.24) is 14.7 Å². The molecule has 166 valence electrons. The fourth-order valence-corrected chi connectivity index (χ4v) is 4.45. The number of carbonyl (C=O) groups excluding carboxylic acids is 2. The van der Waals surface area contributed by atoms with E-state index in [1.807, 2.05) is 34.9 Å².